The van der Waals surface area contributed by atoms with Gasteiger partial charge in [0, 0.05) is 26.1 Å². The molecule has 0 spiro atoms. The third-order valence-corrected chi connectivity index (χ3v) is 6.10. The summed E-state index contributed by atoms with van der Waals surface area (Å²) >= 11 is 0. The number of rotatable bonds is 9. The largest absolute Gasteiger partial charge is 0.463 e. The quantitative estimate of drug-likeness (QED) is 0.494. The smallest absolute Gasteiger partial charge is 0.306 e. The SMILES string of the molecule is CCOCCOC(=O)CCc1ccc(S(=O)(=O)N2CCCCC2)cc1. The van der Waals surface area contributed by atoms with Crippen molar-refractivity contribution < 1.29 is 22.7 Å². The molecule has 0 unspecified atom stereocenters. The molecule has 6 nitrogen and oxygen atoms in total. The van der Waals surface area contributed by atoms with Crippen molar-refractivity contribution in [3.05, 3.63) is 29.8 Å². The van der Waals surface area contributed by atoms with Crippen LogP contribution < -0.4 is 0 Å². The lowest BCUT2D eigenvalue weighted by Gasteiger charge is -2.25. The monoisotopic (exact) mass is 369 g/mol. The maximum Gasteiger partial charge on any atom is 0.306 e. The third-order valence-electron chi connectivity index (χ3n) is 4.19. The Labute approximate surface area is 150 Å². The zero-order valence-electron chi connectivity index (χ0n) is 14.8. The van der Waals surface area contributed by atoms with Gasteiger partial charge in [0.05, 0.1) is 11.5 Å². The van der Waals surface area contributed by atoms with E-state index in [0.29, 0.717) is 37.6 Å². The Hall–Kier alpha value is -1.44. The first kappa shape index (κ1) is 19.9. The van der Waals surface area contributed by atoms with Crippen LogP contribution in [-0.4, -0.2) is 51.6 Å². The van der Waals surface area contributed by atoms with Gasteiger partial charge in [-0.2, -0.15) is 4.31 Å². The van der Waals surface area contributed by atoms with E-state index in [0.717, 1.165) is 24.8 Å². The molecule has 1 aliphatic heterocycles. The van der Waals surface area contributed by atoms with Gasteiger partial charge in [0.25, 0.3) is 0 Å². The van der Waals surface area contributed by atoms with Crippen LogP contribution in [0.25, 0.3) is 0 Å². The molecule has 0 amide bonds. The Bertz CT molecular complexity index is 636. The molecule has 1 heterocycles. The number of sulfonamides is 1. The number of aryl methyl sites for hydroxylation is 1. The highest BCUT2D eigenvalue weighted by atomic mass is 32.2. The highest BCUT2D eigenvalue weighted by Crippen LogP contribution is 2.21. The average Bonchev–Trinajstić information content (AvgIpc) is 2.64. The minimum atomic E-state index is -3.40. The van der Waals surface area contributed by atoms with E-state index in [1.165, 1.54) is 0 Å². The van der Waals surface area contributed by atoms with Crippen LogP contribution in [-0.2, 0) is 30.7 Å². The topological polar surface area (TPSA) is 72.9 Å². The van der Waals surface area contributed by atoms with E-state index in [9.17, 15) is 13.2 Å². The van der Waals surface area contributed by atoms with Gasteiger partial charge in [0.15, 0.2) is 0 Å². The molecule has 0 N–H and O–H groups in total. The van der Waals surface area contributed by atoms with Gasteiger partial charge in [-0.25, -0.2) is 8.42 Å². The molecule has 25 heavy (non-hydrogen) atoms. The van der Waals surface area contributed by atoms with Gasteiger partial charge < -0.3 is 9.47 Å². The van der Waals surface area contributed by atoms with Crippen LogP contribution >= 0.6 is 0 Å². The standard InChI is InChI=1S/C18H27NO5S/c1-2-23-14-15-24-18(20)11-8-16-6-9-17(10-7-16)25(21,22)19-12-4-3-5-13-19/h6-7,9-10H,2-5,8,11-15H2,1H3. The van der Waals surface area contributed by atoms with Crippen LogP contribution in [0.1, 0.15) is 38.2 Å². The summed E-state index contributed by atoms with van der Waals surface area (Å²) in [6, 6.07) is 6.79. The lowest BCUT2D eigenvalue weighted by Crippen LogP contribution is -2.35. The van der Waals surface area contributed by atoms with Crippen molar-refractivity contribution >= 4 is 16.0 Å². The second-order valence-electron chi connectivity index (χ2n) is 6.03. The first-order valence-corrected chi connectivity index (χ1v) is 10.3. The van der Waals surface area contributed by atoms with Gasteiger partial charge >= 0.3 is 5.97 Å². The summed E-state index contributed by atoms with van der Waals surface area (Å²) in [6.45, 7) is 4.35. The molecular formula is C18H27NO5S. The Morgan fingerprint density at radius 2 is 1.76 bits per heavy atom. The number of carbonyl (C=O) groups excluding carboxylic acids is 1. The van der Waals surface area contributed by atoms with Crippen LogP contribution in [0.3, 0.4) is 0 Å². The first-order chi connectivity index (χ1) is 12.0. The summed E-state index contributed by atoms with van der Waals surface area (Å²) in [5.74, 6) is -0.273. The first-order valence-electron chi connectivity index (χ1n) is 8.86. The van der Waals surface area contributed by atoms with E-state index in [4.69, 9.17) is 9.47 Å². The molecule has 7 heteroatoms. The zero-order chi connectivity index (χ0) is 18.1. The molecule has 0 aromatic heterocycles. The van der Waals surface area contributed by atoms with Gasteiger partial charge in [-0.05, 0) is 43.9 Å². The molecular weight excluding hydrogens is 342 g/mol. The van der Waals surface area contributed by atoms with Crippen LogP contribution in [0.2, 0.25) is 0 Å². The van der Waals surface area contributed by atoms with Gasteiger partial charge in [-0.1, -0.05) is 18.6 Å². The fourth-order valence-corrected chi connectivity index (χ4v) is 4.28. The number of benzene rings is 1. The molecule has 0 aliphatic carbocycles. The van der Waals surface area contributed by atoms with Crippen molar-refractivity contribution in [1.82, 2.24) is 4.31 Å². The summed E-state index contributed by atoms with van der Waals surface area (Å²) in [7, 11) is -3.40. The van der Waals surface area contributed by atoms with E-state index in [2.05, 4.69) is 0 Å². The number of hydrogen-bond donors (Lipinski definition) is 0. The third kappa shape index (κ3) is 6.09. The van der Waals surface area contributed by atoms with E-state index in [-0.39, 0.29) is 19.0 Å². The maximum atomic E-state index is 12.6. The number of esters is 1. The normalized spacial score (nSPS) is 15.9. The predicted molar refractivity (Wildman–Crippen MR) is 94.8 cm³/mol. The van der Waals surface area contributed by atoms with Crippen molar-refractivity contribution in [2.45, 2.75) is 43.9 Å². The number of piperidine rings is 1. The Morgan fingerprint density at radius 3 is 2.40 bits per heavy atom. The summed E-state index contributed by atoms with van der Waals surface area (Å²) < 4.78 is 36.9. The Balaban J connectivity index is 1.84. The van der Waals surface area contributed by atoms with Crippen LogP contribution in [0.15, 0.2) is 29.2 Å². The molecule has 1 aromatic carbocycles. The van der Waals surface area contributed by atoms with Crippen LogP contribution in [0.4, 0.5) is 0 Å². The Morgan fingerprint density at radius 1 is 1.08 bits per heavy atom. The predicted octanol–water partition coefficient (Wildman–Crippen LogP) is 2.37. The van der Waals surface area contributed by atoms with Crippen LogP contribution in [0, 0.1) is 0 Å². The lowest BCUT2D eigenvalue weighted by atomic mass is 10.1. The van der Waals surface area contributed by atoms with E-state index in [1.54, 1.807) is 28.6 Å². The van der Waals surface area contributed by atoms with Gasteiger partial charge in [-0.15, -0.1) is 0 Å². The number of nitrogens with zero attached hydrogens (tertiary/aromatic N) is 1. The maximum absolute atomic E-state index is 12.6. The molecule has 140 valence electrons. The van der Waals surface area contributed by atoms with Crippen molar-refractivity contribution in [1.29, 1.82) is 0 Å². The lowest BCUT2D eigenvalue weighted by molar-refractivity contribution is -0.145. The zero-order valence-corrected chi connectivity index (χ0v) is 15.6. The molecule has 1 aromatic rings. The minimum absolute atomic E-state index is 0.264. The summed E-state index contributed by atoms with van der Waals surface area (Å²) in [5.41, 5.74) is 0.916. The molecule has 0 atom stereocenters. The molecule has 0 bridgehead atoms. The van der Waals surface area contributed by atoms with Crippen LogP contribution in [0.5, 0.6) is 0 Å². The Kier molecular flexibility index (Phi) is 7.87. The van der Waals surface area contributed by atoms with E-state index >= 15 is 0 Å². The highest BCUT2D eigenvalue weighted by Gasteiger charge is 2.25. The van der Waals surface area contributed by atoms with Crippen molar-refractivity contribution in [3.63, 3.8) is 0 Å². The highest BCUT2D eigenvalue weighted by molar-refractivity contribution is 7.89. The molecule has 0 saturated carbocycles. The number of hydrogen-bond acceptors (Lipinski definition) is 5. The second kappa shape index (κ2) is 9.89. The fourth-order valence-electron chi connectivity index (χ4n) is 2.76. The van der Waals surface area contributed by atoms with Crippen molar-refractivity contribution in [2.24, 2.45) is 0 Å². The molecule has 2 rings (SSSR count). The van der Waals surface area contributed by atoms with Gasteiger partial charge in [-0.3, -0.25) is 4.79 Å². The van der Waals surface area contributed by atoms with Gasteiger partial charge in [0.1, 0.15) is 6.61 Å². The molecule has 1 saturated heterocycles. The molecule has 0 radical (unpaired) electrons. The second-order valence-corrected chi connectivity index (χ2v) is 7.96. The minimum Gasteiger partial charge on any atom is -0.463 e. The average molecular weight is 369 g/mol. The number of carbonyl (C=O) groups is 1. The van der Waals surface area contributed by atoms with E-state index in [1.807, 2.05) is 6.92 Å². The molecule has 1 aliphatic rings. The summed E-state index contributed by atoms with van der Waals surface area (Å²) in [6.07, 6.45) is 3.72. The van der Waals surface area contributed by atoms with Crippen molar-refractivity contribution in [2.75, 3.05) is 32.9 Å². The fraction of sp³-hybridized carbons (Fsp3) is 0.611. The number of ether oxygens (including phenoxy) is 2. The summed E-state index contributed by atoms with van der Waals surface area (Å²) in [4.78, 5) is 11.9. The van der Waals surface area contributed by atoms with Crippen molar-refractivity contribution in [3.8, 4) is 0 Å². The van der Waals surface area contributed by atoms with Gasteiger partial charge in [0.2, 0.25) is 10.0 Å². The molecule has 1 fully saturated rings. The summed E-state index contributed by atoms with van der Waals surface area (Å²) in [5, 5.41) is 0. The van der Waals surface area contributed by atoms with E-state index < -0.39 is 10.0 Å².